The molecule has 2 heteroatoms. The summed E-state index contributed by atoms with van der Waals surface area (Å²) in [5.41, 5.74) is 9.39. The van der Waals surface area contributed by atoms with E-state index in [9.17, 15) is 0 Å². The van der Waals surface area contributed by atoms with Crippen molar-refractivity contribution in [2.24, 2.45) is 5.73 Å². The van der Waals surface area contributed by atoms with Gasteiger partial charge in [-0.05, 0) is 49.0 Å². The normalized spacial score (nSPS) is 22.2. The Balaban J connectivity index is 1.92. The van der Waals surface area contributed by atoms with Gasteiger partial charge in [-0.25, -0.2) is 0 Å². The molecule has 0 bridgehead atoms. The van der Waals surface area contributed by atoms with Crippen LogP contribution in [0.2, 0.25) is 0 Å². The molecule has 80 valence electrons. The lowest BCUT2D eigenvalue weighted by molar-refractivity contribution is 0.662. The summed E-state index contributed by atoms with van der Waals surface area (Å²) in [6.45, 7) is 0. The van der Waals surface area contributed by atoms with Crippen LogP contribution in [-0.4, -0.2) is 11.3 Å². The van der Waals surface area contributed by atoms with Crippen LogP contribution in [0.1, 0.15) is 30.4 Å². The van der Waals surface area contributed by atoms with E-state index in [1.165, 1.54) is 37.0 Å². The highest BCUT2D eigenvalue weighted by Gasteiger charge is 2.38. The number of thioether (sulfide) groups is 1. The van der Waals surface area contributed by atoms with Gasteiger partial charge in [0.1, 0.15) is 0 Å². The molecule has 2 N–H and O–H groups in total. The summed E-state index contributed by atoms with van der Waals surface area (Å²) < 4.78 is 0. The Morgan fingerprint density at radius 3 is 3.00 bits per heavy atom. The van der Waals surface area contributed by atoms with E-state index in [0.29, 0.717) is 0 Å². The zero-order valence-electron chi connectivity index (χ0n) is 8.96. The fourth-order valence-electron chi connectivity index (χ4n) is 2.31. The van der Waals surface area contributed by atoms with Gasteiger partial charge in [-0.15, -0.1) is 11.8 Å². The van der Waals surface area contributed by atoms with Crippen molar-refractivity contribution in [1.29, 1.82) is 0 Å². The van der Waals surface area contributed by atoms with Crippen LogP contribution in [0.25, 0.3) is 0 Å². The van der Waals surface area contributed by atoms with Gasteiger partial charge in [0.2, 0.25) is 0 Å². The lowest BCUT2D eigenvalue weighted by atomic mass is 10.00. The first-order valence-corrected chi connectivity index (χ1v) is 6.78. The topological polar surface area (TPSA) is 26.0 Å². The predicted molar refractivity (Wildman–Crippen MR) is 65.3 cm³/mol. The van der Waals surface area contributed by atoms with Crippen LogP contribution < -0.4 is 5.73 Å². The molecule has 0 radical (unpaired) electrons. The van der Waals surface area contributed by atoms with E-state index in [1.54, 1.807) is 10.5 Å². The molecule has 1 saturated carbocycles. The summed E-state index contributed by atoms with van der Waals surface area (Å²) >= 11 is 2.03. The van der Waals surface area contributed by atoms with Gasteiger partial charge in [0.25, 0.3) is 0 Å². The molecule has 0 atom stereocenters. The standard InChI is InChI=1S/C13H17NS/c14-13(6-7-13)9-11-4-1-3-10-5-2-8-15-12(10)11/h1,3-4H,2,5-9,14H2. The first-order chi connectivity index (χ1) is 7.27. The molecule has 1 fully saturated rings. The monoisotopic (exact) mass is 219 g/mol. The number of rotatable bonds is 2. The minimum atomic E-state index is 0.146. The fraction of sp³-hybridized carbons (Fsp3) is 0.538. The van der Waals surface area contributed by atoms with E-state index in [-0.39, 0.29) is 5.54 Å². The van der Waals surface area contributed by atoms with Crippen molar-refractivity contribution in [3.05, 3.63) is 29.3 Å². The number of aryl methyl sites for hydroxylation is 1. The van der Waals surface area contributed by atoms with E-state index in [0.717, 1.165) is 6.42 Å². The summed E-state index contributed by atoms with van der Waals surface area (Å²) in [5.74, 6) is 1.28. The molecule has 1 heterocycles. The van der Waals surface area contributed by atoms with E-state index >= 15 is 0 Å². The van der Waals surface area contributed by atoms with E-state index < -0.39 is 0 Å². The highest BCUT2D eigenvalue weighted by Crippen LogP contribution is 2.40. The Morgan fingerprint density at radius 2 is 2.20 bits per heavy atom. The van der Waals surface area contributed by atoms with Gasteiger partial charge < -0.3 is 5.73 Å². The minimum absolute atomic E-state index is 0.146. The van der Waals surface area contributed by atoms with Crippen molar-refractivity contribution in [2.45, 2.75) is 42.5 Å². The molecule has 1 aromatic carbocycles. The maximum absolute atomic E-state index is 6.20. The van der Waals surface area contributed by atoms with Crippen LogP contribution in [0.3, 0.4) is 0 Å². The Morgan fingerprint density at radius 1 is 1.33 bits per heavy atom. The molecule has 0 amide bonds. The maximum Gasteiger partial charge on any atom is 0.0196 e. The smallest absolute Gasteiger partial charge is 0.0196 e. The third-order valence-corrected chi connectivity index (χ3v) is 4.76. The molecule has 0 aromatic heterocycles. The molecule has 2 aliphatic rings. The van der Waals surface area contributed by atoms with E-state index in [4.69, 9.17) is 5.73 Å². The van der Waals surface area contributed by atoms with Crippen molar-refractivity contribution >= 4 is 11.8 Å². The summed E-state index contributed by atoms with van der Waals surface area (Å²) in [6, 6.07) is 6.75. The largest absolute Gasteiger partial charge is 0.325 e. The zero-order chi connectivity index (χ0) is 10.3. The van der Waals surface area contributed by atoms with Gasteiger partial charge in [-0.3, -0.25) is 0 Å². The average Bonchev–Trinajstić information content (AvgIpc) is 2.97. The number of fused-ring (bicyclic) bond motifs is 1. The molecule has 0 spiro atoms. The number of benzene rings is 1. The molecular formula is C13H17NS. The molecule has 0 unspecified atom stereocenters. The molecule has 1 nitrogen and oxygen atoms in total. The second kappa shape index (κ2) is 3.53. The predicted octanol–water partition coefficient (Wildman–Crippen LogP) is 2.76. The summed E-state index contributed by atoms with van der Waals surface area (Å²) in [7, 11) is 0. The van der Waals surface area contributed by atoms with Gasteiger partial charge in [0.05, 0.1) is 0 Å². The third kappa shape index (κ3) is 1.93. The van der Waals surface area contributed by atoms with Crippen LogP contribution in [0.15, 0.2) is 23.1 Å². The molecule has 3 rings (SSSR count). The molecular weight excluding hydrogens is 202 g/mol. The van der Waals surface area contributed by atoms with Crippen LogP contribution in [0.5, 0.6) is 0 Å². The van der Waals surface area contributed by atoms with Gasteiger partial charge in [0.15, 0.2) is 0 Å². The Bertz CT molecular complexity index is 382. The van der Waals surface area contributed by atoms with Gasteiger partial charge in [0, 0.05) is 10.4 Å². The lowest BCUT2D eigenvalue weighted by Gasteiger charge is -2.20. The van der Waals surface area contributed by atoms with Crippen molar-refractivity contribution in [3.8, 4) is 0 Å². The zero-order valence-corrected chi connectivity index (χ0v) is 9.78. The summed E-state index contributed by atoms with van der Waals surface area (Å²) in [4.78, 5) is 1.54. The Labute approximate surface area is 95.4 Å². The lowest BCUT2D eigenvalue weighted by Crippen LogP contribution is -2.25. The number of nitrogens with two attached hydrogens (primary N) is 1. The second-order valence-corrected chi connectivity index (χ2v) is 6.00. The average molecular weight is 219 g/mol. The van der Waals surface area contributed by atoms with Crippen molar-refractivity contribution in [3.63, 3.8) is 0 Å². The third-order valence-electron chi connectivity index (χ3n) is 3.45. The SMILES string of the molecule is NC1(Cc2cccc3c2SCCC3)CC1. The highest BCUT2D eigenvalue weighted by molar-refractivity contribution is 7.99. The van der Waals surface area contributed by atoms with Crippen LogP contribution in [-0.2, 0) is 12.8 Å². The number of hydrogen-bond donors (Lipinski definition) is 1. The Kier molecular flexibility index (Phi) is 2.29. The fourth-order valence-corrected chi connectivity index (χ4v) is 3.49. The van der Waals surface area contributed by atoms with Crippen molar-refractivity contribution < 1.29 is 0 Å². The molecule has 0 saturated heterocycles. The Hall–Kier alpha value is -0.470. The van der Waals surface area contributed by atoms with Crippen LogP contribution in [0.4, 0.5) is 0 Å². The molecule has 1 aliphatic carbocycles. The first kappa shape index (κ1) is 9.73. The second-order valence-electron chi connectivity index (χ2n) is 4.90. The quantitative estimate of drug-likeness (QED) is 0.827. The molecule has 15 heavy (non-hydrogen) atoms. The van der Waals surface area contributed by atoms with Crippen molar-refractivity contribution in [1.82, 2.24) is 0 Å². The van der Waals surface area contributed by atoms with Gasteiger partial charge in [-0.2, -0.15) is 0 Å². The summed E-state index contributed by atoms with van der Waals surface area (Å²) in [5, 5.41) is 0. The molecule has 1 aliphatic heterocycles. The molecule has 1 aromatic rings. The van der Waals surface area contributed by atoms with Gasteiger partial charge in [-0.1, -0.05) is 18.2 Å². The minimum Gasteiger partial charge on any atom is -0.325 e. The highest BCUT2D eigenvalue weighted by atomic mass is 32.2. The van der Waals surface area contributed by atoms with Crippen LogP contribution >= 0.6 is 11.8 Å². The number of hydrogen-bond acceptors (Lipinski definition) is 2. The summed E-state index contributed by atoms with van der Waals surface area (Å²) in [6.07, 6.45) is 6.09. The van der Waals surface area contributed by atoms with Crippen molar-refractivity contribution in [2.75, 3.05) is 5.75 Å². The first-order valence-electron chi connectivity index (χ1n) is 5.79. The van der Waals surface area contributed by atoms with Gasteiger partial charge >= 0.3 is 0 Å². The van der Waals surface area contributed by atoms with E-state index in [1.807, 2.05) is 11.8 Å². The van der Waals surface area contributed by atoms with E-state index in [2.05, 4.69) is 18.2 Å². The van der Waals surface area contributed by atoms with Crippen LogP contribution in [0, 0.1) is 0 Å². The maximum atomic E-state index is 6.20.